The van der Waals surface area contributed by atoms with Gasteiger partial charge in [0.15, 0.2) is 0 Å². The predicted molar refractivity (Wildman–Crippen MR) is 76.6 cm³/mol. The van der Waals surface area contributed by atoms with Crippen LogP contribution in [0.1, 0.15) is 6.92 Å². The molecule has 1 aromatic carbocycles. The van der Waals surface area contributed by atoms with E-state index in [4.69, 9.17) is 4.74 Å². The fourth-order valence-electron chi connectivity index (χ4n) is 2.35. The van der Waals surface area contributed by atoms with E-state index in [0.29, 0.717) is 32.3 Å². The molecule has 1 fully saturated rings. The van der Waals surface area contributed by atoms with E-state index in [1.54, 1.807) is 0 Å². The largest absolute Gasteiger partial charge is 0.378 e. The zero-order chi connectivity index (χ0) is 13.9. The summed E-state index contributed by atoms with van der Waals surface area (Å²) in [6.45, 7) is 4.40. The summed E-state index contributed by atoms with van der Waals surface area (Å²) in [6, 6.07) is 7.48. The van der Waals surface area contributed by atoms with Gasteiger partial charge in [-0.3, -0.25) is 4.79 Å². The smallest absolute Gasteiger partial charge is 0.245 e. The van der Waals surface area contributed by atoms with Crippen LogP contribution in [-0.4, -0.2) is 53.1 Å². The molecule has 1 aromatic heterocycles. The average molecular weight is 274 g/mol. The van der Waals surface area contributed by atoms with Crippen LogP contribution in [0.4, 0.5) is 5.95 Å². The number of carbonyl (C=O) groups is 1. The monoisotopic (exact) mass is 274 g/mol. The van der Waals surface area contributed by atoms with Gasteiger partial charge in [-0.2, -0.15) is 0 Å². The van der Waals surface area contributed by atoms with Crippen molar-refractivity contribution in [2.24, 2.45) is 0 Å². The maximum Gasteiger partial charge on any atom is 0.245 e. The van der Waals surface area contributed by atoms with E-state index in [2.05, 4.69) is 15.3 Å². The number of para-hydroxylation sites is 2. The van der Waals surface area contributed by atoms with Gasteiger partial charge >= 0.3 is 0 Å². The summed E-state index contributed by atoms with van der Waals surface area (Å²) < 4.78 is 5.25. The Labute approximate surface area is 117 Å². The van der Waals surface area contributed by atoms with E-state index in [-0.39, 0.29) is 11.9 Å². The summed E-state index contributed by atoms with van der Waals surface area (Å²) in [5, 5.41) is 3.13. The number of imidazole rings is 1. The first-order valence-electron chi connectivity index (χ1n) is 6.82. The molecule has 0 radical (unpaired) electrons. The SMILES string of the molecule is CC(Nc1nc2ccccc2[nH]1)C(=O)N1CCOCC1. The zero-order valence-electron chi connectivity index (χ0n) is 11.4. The van der Waals surface area contributed by atoms with Gasteiger partial charge in [-0.1, -0.05) is 12.1 Å². The van der Waals surface area contributed by atoms with Gasteiger partial charge in [-0.15, -0.1) is 0 Å². The molecule has 0 bridgehead atoms. The molecule has 0 saturated carbocycles. The maximum atomic E-state index is 12.3. The molecule has 3 rings (SSSR count). The molecule has 0 aliphatic carbocycles. The molecule has 1 aliphatic heterocycles. The molecule has 2 aromatic rings. The standard InChI is InChI=1S/C14H18N4O2/c1-10(13(19)18-6-8-20-9-7-18)15-14-16-11-4-2-3-5-12(11)17-14/h2-5,10H,6-9H2,1H3,(H2,15,16,17). The highest BCUT2D eigenvalue weighted by atomic mass is 16.5. The van der Waals surface area contributed by atoms with Crippen molar-refractivity contribution >= 4 is 22.9 Å². The van der Waals surface area contributed by atoms with Crippen LogP contribution in [0.3, 0.4) is 0 Å². The van der Waals surface area contributed by atoms with Gasteiger partial charge < -0.3 is 19.9 Å². The molecule has 1 saturated heterocycles. The number of carbonyl (C=O) groups excluding carboxylic acids is 1. The minimum Gasteiger partial charge on any atom is -0.378 e. The second-order valence-electron chi connectivity index (χ2n) is 4.91. The lowest BCUT2D eigenvalue weighted by Crippen LogP contribution is -2.47. The van der Waals surface area contributed by atoms with E-state index in [9.17, 15) is 4.79 Å². The fourth-order valence-corrected chi connectivity index (χ4v) is 2.35. The Morgan fingerprint density at radius 2 is 2.15 bits per heavy atom. The quantitative estimate of drug-likeness (QED) is 0.883. The van der Waals surface area contributed by atoms with Gasteiger partial charge in [0.1, 0.15) is 6.04 Å². The molecule has 1 atom stereocenters. The van der Waals surface area contributed by atoms with E-state index in [1.807, 2.05) is 36.1 Å². The number of morpholine rings is 1. The third-order valence-electron chi connectivity index (χ3n) is 3.44. The van der Waals surface area contributed by atoms with Crippen LogP contribution in [-0.2, 0) is 9.53 Å². The minimum absolute atomic E-state index is 0.0776. The number of amides is 1. The van der Waals surface area contributed by atoms with Crippen LogP contribution in [0.25, 0.3) is 11.0 Å². The Morgan fingerprint density at radius 3 is 2.90 bits per heavy atom. The van der Waals surface area contributed by atoms with Gasteiger partial charge in [0.2, 0.25) is 11.9 Å². The lowest BCUT2D eigenvalue weighted by atomic mass is 10.2. The van der Waals surface area contributed by atoms with Crippen molar-refractivity contribution < 1.29 is 9.53 Å². The van der Waals surface area contributed by atoms with Crippen molar-refractivity contribution in [2.45, 2.75) is 13.0 Å². The van der Waals surface area contributed by atoms with Gasteiger partial charge in [-0.25, -0.2) is 4.98 Å². The first kappa shape index (κ1) is 12.9. The molecule has 0 spiro atoms. The summed E-state index contributed by atoms with van der Waals surface area (Å²) in [5.41, 5.74) is 1.85. The van der Waals surface area contributed by atoms with Crippen LogP contribution in [0, 0.1) is 0 Å². The normalized spacial score (nSPS) is 17.1. The number of benzene rings is 1. The summed E-state index contributed by atoms with van der Waals surface area (Å²) in [7, 11) is 0. The van der Waals surface area contributed by atoms with Crippen molar-refractivity contribution in [2.75, 3.05) is 31.6 Å². The summed E-state index contributed by atoms with van der Waals surface area (Å²) in [5.74, 6) is 0.703. The number of hydrogen-bond donors (Lipinski definition) is 2. The van der Waals surface area contributed by atoms with E-state index in [1.165, 1.54) is 0 Å². The Balaban J connectivity index is 1.68. The first-order valence-corrected chi connectivity index (χ1v) is 6.82. The highest BCUT2D eigenvalue weighted by Crippen LogP contribution is 2.14. The number of aromatic nitrogens is 2. The molecular weight excluding hydrogens is 256 g/mol. The van der Waals surface area contributed by atoms with Crippen molar-refractivity contribution in [3.8, 4) is 0 Å². The molecule has 2 N–H and O–H groups in total. The van der Waals surface area contributed by atoms with Crippen molar-refractivity contribution in [3.05, 3.63) is 24.3 Å². The minimum atomic E-state index is -0.311. The third kappa shape index (κ3) is 2.60. The molecule has 6 heteroatoms. The fraction of sp³-hybridized carbons (Fsp3) is 0.429. The molecular formula is C14H18N4O2. The number of nitrogens with zero attached hydrogens (tertiary/aromatic N) is 2. The highest BCUT2D eigenvalue weighted by molar-refractivity contribution is 5.85. The number of ether oxygens (including phenoxy) is 1. The Bertz CT molecular complexity index is 571. The van der Waals surface area contributed by atoms with E-state index in [0.717, 1.165) is 11.0 Å². The number of rotatable bonds is 3. The second-order valence-corrected chi connectivity index (χ2v) is 4.91. The lowest BCUT2D eigenvalue weighted by Gasteiger charge is -2.29. The maximum absolute atomic E-state index is 12.3. The molecule has 20 heavy (non-hydrogen) atoms. The number of H-pyrrole nitrogens is 1. The summed E-state index contributed by atoms with van der Waals surface area (Å²) in [4.78, 5) is 21.7. The van der Waals surface area contributed by atoms with E-state index < -0.39 is 0 Å². The van der Waals surface area contributed by atoms with Crippen LogP contribution in [0.15, 0.2) is 24.3 Å². The van der Waals surface area contributed by atoms with Crippen molar-refractivity contribution in [1.29, 1.82) is 0 Å². The number of nitrogens with one attached hydrogen (secondary N) is 2. The number of fused-ring (bicyclic) bond motifs is 1. The summed E-state index contributed by atoms with van der Waals surface area (Å²) >= 11 is 0. The van der Waals surface area contributed by atoms with Gasteiger partial charge in [-0.05, 0) is 19.1 Å². The van der Waals surface area contributed by atoms with Gasteiger partial charge in [0.25, 0.3) is 0 Å². The van der Waals surface area contributed by atoms with Gasteiger partial charge in [0, 0.05) is 13.1 Å². The Morgan fingerprint density at radius 1 is 1.40 bits per heavy atom. The Kier molecular flexibility index (Phi) is 3.56. The van der Waals surface area contributed by atoms with Crippen LogP contribution >= 0.6 is 0 Å². The average Bonchev–Trinajstić information content (AvgIpc) is 2.89. The second kappa shape index (κ2) is 5.50. The molecule has 1 amide bonds. The van der Waals surface area contributed by atoms with Crippen LogP contribution in [0.5, 0.6) is 0 Å². The first-order chi connectivity index (χ1) is 9.74. The molecule has 1 unspecified atom stereocenters. The zero-order valence-corrected chi connectivity index (χ0v) is 11.4. The van der Waals surface area contributed by atoms with E-state index >= 15 is 0 Å². The molecule has 2 heterocycles. The number of hydrogen-bond acceptors (Lipinski definition) is 4. The van der Waals surface area contributed by atoms with Crippen molar-refractivity contribution in [1.82, 2.24) is 14.9 Å². The van der Waals surface area contributed by atoms with Gasteiger partial charge in [0.05, 0.1) is 24.2 Å². The lowest BCUT2D eigenvalue weighted by molar-refractivity contribution is -0.135. The molecule has 106 valence electrons. The topological polar surface area (TPSA) is 70.2 Å². The number of aromatic amines is 1. The van der Waals surface area contributed by atoms with Crippen LogP contribution < -0.4 is 5.32 Å². The highest BCUT2D eigenvalue weighted by Gasteiger charge is 2.22. The molecule has 1 aliphatic rings. The third-order valence-corrected chi connectivity index (χ3v) is 3.44. The molecule has 6 nitrogen and oxygen atoms in total. The predicted octanol–water partition coefficient (Wildman–Crippen LogP) is 1.22. The Hall–Kier alpha value is -2.08. The number of anilines is 1. The van der Waals surface area contributed by atoms with Crippen molar-refractivity contribution in [3.63, 3.8) is 0 Å². The summed E-state index contributed by atoms with van der Waals surface area (Å²) in [6.07, 6.45) is 0. The van der Waals surface area contributed by atoms with Crippen LogP contribution in [0.2, 0.25) is 0 Å².